The second kappa shape index (κ2) is 5.56. The smallest absolute Gasteiger partial charge is 0.307 e. The Morgan fingerprint density at radius 1 is 1.39 bits per heavy atom. The maximum atomic E-state index is 12.6. The van der Waals surface area contributed by atoms with Gasteiger partial charge >= 0.3 is 5.97 Å². The number of carbonyl (C=O) groups excluding carboxylic acids is 1. The van der Waals surface area contributed by atoms with E-state index in [1.807, 2.05) is 10.3 Å². The molecule has 2 aliphatic heterocycles. The number of carboxylic acid groups (broad SMARTS) is 1. The van der Waals surface area contributed by atoms with E-state index in [1.165, 1.54) is 11.3 Å². The predicted octanol–water partition coefficient (Wildman–Crippen LogP) is 2.32. The van der Waals surface area contributed by atoms with Crippen molar-refractivity contribution in [2.75, 3.05) is 19.7 Å². The van der Waals surface area contributed by atoms with E-state index in [-0.39, 0.29) is 23.3 Å². The number of hydrogen-bond donors (Lipinski definition) is 1. The first-order valence-corrected chi connectivity index (χ1v) is 9.06. The van der Waals surface area contributed by atoms with E-state index in [0.29, 0.717) is 18.8 Å². The van der Waals surface area contributed by atoms with Crippen LogP contribution in [0, 0.1) is 11.3 Å². The van der Waals surface area contributed by atoms with Crippen LogP contribution in [0.3, 0.4) is 0 Å². The van der Waals surface area contributed by atoms with Crippen LogP contribution in [0.15, 0.2) is 5.38 Å². The zero-order valence-corrected chi connectivity index (χ0v) is 13.7. The molecular formula is C16H20N2O4S. The molecule has 1 spiro atoms. The van der Waals surface area contributed by atoms with Crippen molar-refractivity contribution in [3.63, 3.8) is 0 Å². The number of ether oxygens (including phenoxy) is 1. The molecule has 1 aromatic rings. The maximum absolute atomic E-state index is 12.6. The summed E-state index contributed by atoms with van der Waals surface area (Å²) in [7, 11) is 0. The van der Waals surface area contributed by atoms with E-state index in [2.05, 4.69) is 4.98 Å². The Morgan fingerprint density at radius 2 is 2.17 bits per heavy atom. The van der Waals surface area contributed by atoms with Gasteiger partial charge in [0.15, 0.2) is 0 Å². The zero-order valence-electron chi connectivity index (χ0n) is 12.9. The second-order valence-corrected chi connectivity index (χ2v) is 7.71. The molecule has 124 valence electrons. The highest BCUT2D eigenvalue weighted by molar-refractivity contribution is 7.09. The molecule has 3 fully saturated rings. The van der Waals surface area contributed by atoms with Gasteiger partial charge in [-0.3, -0.25) is 9.59 Å². The number of carboxylic acids is 1. The minimum Gasteiger partial charge on any atom is -0.481 e. The summed E-state index contributed by atoms with van der Waals surface area (Å²) in [5, 5.41) is 11.8. The molecule has 7 heteroatoms. The molecule has 1 aliphatic carbocycles. The van der Waals surface area contributed by atoms with Gasteiger partial charge in [-0.25, -0.2) is 4.98 Å². The summed E-state index contributed by atoms with van der Waals surface area (Å²) in [5.41, 5.74) is 0.454. The fourth-order valence-corrected chi connectivity index (χ4v) is 4.75. The average molecular weight is 336 g/mol. The van der Waals surface area contributed by atoms with Crippen molar-refractivity contribution in [2.24, 2.45) is 11.3 Å². The highest BCUT2D eigenvalue weighted by Gasteiger charge is 2.59. The van der Waals surface area contributed by atoms with Crippen molar-refractivity contribution in [3.8, 4) is 0 Å². The van der Waals surface area contributed by atoms with Gasteiger partial charge in [0, 0.05) is 25.1 Å². The van der Waals surface area contributed by atoms with E-state index in [1.54, 1.807) is 0 Å². The van der Waals surface area contributed by atoms with Crippen LogP contribution in [0.4, 0.5) is 0 Å². The Labute approximate surface area is 138 Å². The van der Waals surface area contributed by atoms with Gasteiger partial charge in [0.25, 0.3) is 5.91 Å². The Bertz CT molecular complexity index is 630. The lowest BCUT2D eigenvalue weighted by atomic mass is 9.90. The first kappa shape index (κ1) is 15.1. The van der Waals surface area contributed by atoms with Gasteiger partial charge in [-0.15, -0.1) is 11.3 Å². The lowest BCUT2D eigenvalue weighted by Gasteiger charge is -2.32. The zero-order chi connectivity index (χ0) is 16.0. The van der Waals surface area contributed by atoms with Gasteiger partial charge in [-0.05, 0) is 37.5 Å². The average Bonchev–Trinajstić information content (AvgIpc) is 2.98. The summed E-state index contributed by atoms with van der Waals surface area (Å²) in [4.78, 5) is 30.0. The number of carbonyl (C=O) groups is 2. The van der Waals surface area contributed by atoms with Gasteiger partial charge in [0.05, 0.1) is 5.92 Å². The van der Waals surface area contributed by atoms with Gasteiger partial charge in [-0.1, -0.05) is 0 Å². The van der Waals surface area contributed by atoms with Gasteiger partial charge < -0.3 is 14.7 Å². The third kappa shape index (κ3) is 2.65. The molecule has 23 heavy (non-hydrogen) atoms. The van der Waals surface area contributed by atoms with E-state index in [9.17, 15) is 9.59 Å². The fourth-order valence-electron chi connectivity index (χ4n) is 3.87. The molecule has 3 aliphatic rings. The molecule has 3 heterocycles. The molecule has 2 saturated heterocycles. The lowest BCUT2D eigenvalue weighted by molar-refractivity contribution is -0.139. The monoisotopic (exact) mass is 336 g/mol. The molecule has 2 atom stereocenters. The largest absolute Gasteiger partial charge is 0.481 e. The Morgan fingerprint density at radius 3 is 2.78 bits per heavy atom. The highest BCUT2D eigenvalue weighted by Crippen LogP contribution is 2.59. The Kier molecular flexibility index (Phi) is 3.65. The van der Waals surface area contributed by atoms with Crippen LogP contribution in [0.1, 0.15) is 53.7 Å². The molecule has 2 unspecified atom stereocenters. The lowest BCUT2D eigenvalue weighted by Crippen LogP contribution is -2.40. The van der Waals surface area contributed by atoms with E-state index < -0.39 is 5.97 Å². The SMILES string of the molecule is O=C(O)C1CC12CCN(C(=O)c1csc(C3CCCO3)n1)CC2. The van der Waals surface area contributed by atoms with Gasteiger partial charge in [0.1, 0.15) is 16.8 Å². The van der Waals surface area contributed by atoms with Crippen LogP contribution in [0.2, 0.25) is 0 Å². The number of thiazole rings is 1. The van der Waals surface area contributed by atoms with E-state index in [0.717, 1.165) is 43.7 Å². The number of aromatic nitrogens is 1. The number of aliphatic carboxylic acids is 1. The molecule has 1 aromatic heterocycles. The third-order valence-corrected chi connectivity index (χ3v) is 6.42. The number of rotatable bonds is 3. The quantitative estimate of drug-likeness (QED) is 0.916. The van der Waals surface area contributed by atoms with Crippen molar-refractivity contribution in [1.82, 2.24) is 9.88 Å². The molecule has 0 bridgehead atoms. The first-order valence-electron chi connectivity index (χ1n) is 8.18. The topological polar surface area (TPSA) is 79.7 Å². The number of likely N-dealkylation sites (tertiary alicyclic amines) is 1. The Balaban J connectivity index is 1.38. The molecular weight excluding hydrogens is 316 g/mol. The maximum Gasteiger partial charge on any atom is 0.307 e. The molecule has 0 aromatic carbocycles. The summed E-state index contributed by atoms with van der Waals surface area (Å²) in [5.74, 6) is -0.927. The molecule has 6 nitrogen and oxygen atoms in total. The summed E-state index contributed by atoms with van der Waals surface area (Å²) in [6.07, 6.45) is 4.42. The summed E-state index contributed by atoms with van der Waals surface area (Å²) < 4.78 is 5.61. The normalized spacial score (nSPS) is 29.0. The van der Waals surface area contributed by atoms with Crippen molar-refractivity contribution < 1.29 is 19.4 Å². The van der Waals surface area contributed by atoms with E-state index in [4.69, 9.17) is 9.84 Å². The number of hydrogen-bond acceptors (Lipinski definition) is 5. The molecule has 0 radical (unpaired) electrons. The highest BCUT2D eigenvalue weighted by atomic mass is 32.1. The minimum atomic E-state index is -0.689. The summed E-state index contributed by atoms with van der Waals surface area (Å²) >= 11 is 1.49. The molecule has 1 amide bonds. The van der Waals surface area contributed by atoms with Crippen molar-refractivity contribution in [3.05, 3.63) is 16.1 Å². The standard InChI is InChI=1S/C16H20N2O4S/c19-14(11-9-23-13(17-11)12-2-1-7-22-12)18-5-3-16(4-6-18)8-10(16)15(20)21/h9-10,12H,1-8H2,(H,20,21). The molecule has 4 rings (SSSR count). The second-order valence-electron chi connectivity index (χ2n) is 6.82. The molecule has 1 N–H and O–H groups in total. The van der Waals surface area contributed by atoms with Crippen molar-refractivity contribution in [2.45, 2.75) is 38.2 Å². The molecule has 1 saturated carbocycles. The van der Waals surface area contributed by atoms with Crippen LogP contribution < -0.4 is 0 Å². The number of nitrogens with zero attached hydrogens (tertiary/aromatic N) is 2. The summed E-state index contributed by atoms with van der Waals surface area (Å²) in [6.45, 7) is 2.04. The number of amides is 1. The van der Waals surface area contributed by atoms with Crippen LogP contribution in [-0.2, 0) is 9.53 Å². The summed E-state index contributed by atoms with van der Waals surface area (Å²) in [6, 6.07) is 0. The van der Waals surface area contributed by atoms with Crippen LogP contribution >= 0.6 is 11.3 Å². The third-order valence-electron chi connectivity index (χ3n) is 5.48. The fraction of sp³-hybridized carbons (Fsp3) is 0.688. The van der Waals surface area contributed by atoms with Crippen LogP contribution in [0.5, 0.6) is 0 Å². The van der Waals surface area contributed by atoms with Crippen LogP contribution in [-0.4, -0.2) is 46.6 Å². The van der Waals surface area contributed by atoms with Crippen LogP contribution in [0.25, 0.3) is 0 Å². The van der Waals surface area contributed by atoms with Crippen molar-refractivity contribution in [1.29, 1.82) is 0 Å². The van der Waals surface area contributed by atoms with Gasteiger partial charge in [-0.2, -0.15) is 0 Å². The Hall–Kier alpha value is -1.47. The number of piperidine rings is 1. The first-order chi connectivity index (χ1) is 11.1. The minimum absolute atomic E-state index is 0.0344. The van der Waals surface area contributed by atoms with Gasteiger partial charge in [0.2, 0.25) is 0 Å². The predicted molar refractivity (Wildman–Crippen MR) is 83.4 cm³/mol. The van der Waals surface area contributed by atoms with Crippen molar-refractivity contribution >= 4 is 23.2 Å². The van der Waals surface area contributed by atoms with E-state index >= 15 is 0 Å².